The van der Waals surface area contributed by atoms with Gasteiger partial charge in [-0.2, -0.15) is 0 Å². The maximum Gasteiger partial charge on any atom is 0.155 e. The van der Waals surface area contributed by atoms with Crippen molar-refractivity contribution in [2.24, 2.45) is 28.6 Å². The van der Waals surface area contributed by atoms with Crippen LogP contribution >= 0.6 is 0 Å². The molecule has 3 fully saturated rings. The van der Waals surface area contributed by atoms with Crippen LogP contribution in [0.15, 0.2) is 11.6 Å². The van der Waals surface area contributed by atoms with Gasteiger partial charge in [0.1, 0.15) is 0 Å². The summed E-state index contributed by atoms with van der Waals surface area (Å²) >= 11 is 0. The van der Waals surface area contributed by atoms with Crippen LogP contribution in [0.3, 0.4) is 0 Å². The predicted molar refractivity (Wildman–Crippen MR) is 87.3 cm³/mol. The Morgan fingerprint density at radius 1 is 1.14 bits per heavy atom. The Hall–Kier alpha value is -0.630. The molecule has 0 saturated heterocycles. The van der Waals surface area contributed by atoms with E-state index in [1.165, 1.54) is 37.7 Å². The van der Waals surface area contributed by atoms with E-state index in [2.05, 4.69) is 13.8 Å². The minimum Gasteiger partial charge on any atom is -0.393 e. The molecule has 4 aliphatic rings. The SMILES string of the molecule is CC[C@]12CCC(=O)C=C1CC[C@@H]1[C@H]2CC[C@]2(C)C(O)CC[C@@H]12. The van der Waals surface area contributed by atoms with Crippen molar-refractivity contribution >= 4 is 5.78 Å². The highest BCUT2D eigenvalue weighted by Crippen LogP contribution is 2.66. The Balaban J connectivity index is 1.71. The van der Waals surface area contributed by atoms with Gasteiger partial charge in [0.05, 0.1) is 6.10 Å². The molecule has 0 aliphatic heterocycles. The molecular formula is C20H30O2. The number of hydrogen-bond donors (Lipinski definition) is 1. The summed E-state index contributed by atoms with van der Waals surface area (Å²) in [6.45, 7) is 4.68. The van der Waals surface area contributed by atoms with Crippen LogP contribution in [0.5, 0.6) is 0 Å². The number of rotatable bonds is 1. The number of carbonyl (C=O) groups excluding carboxylic acids is 1. The maximum absolute atomic E-state index is 11.9. The lowest BCUT2D eigenvalue weighted by molar-refractivity contribution is -0.118. The first-order chi connectivity index (χ1) is 10.5. The summed E-state index contributed by atoms with van der Waals surface area (Å²) in [6.07, 6.45) is 12.0. The summed E-state index contributed by atoms with van der Waals surface area (Å²) in [4.78, 5) is 11.9. The second-order valence-electron chi connectivity index (χ2n) is 8.70. The van der Waals surface area contributed by atoms with Crippen LogP contribution in [0, 0.1) is 28.6 Å². The van der Waals surface area contributed by atoms with E-state index in [-0.39, 0.29) is 11.5 Å². The lowest BCUT2D eigenvalue weighted by Crippen LogP contribution is -2.52. The summed E-state index contributed by atoms with van der Waals surface area (Å²) in [5.41, 5.74) is 1.96. The summed E-state index contributed by atoms with van der Waals surface area (Å²) in [5, 5.41) is 10.5. The van der Waals surface area contributed by atoms with Gasteiger partial charge in [-0.1, -0.05) is 19.4 Å². The molecule has 0 spiro atoms. The molecule has 0 aromatic rings. The molecule has 6 atom stereocenters. The molecule has 2 heteroatoms. The van der Waals surface area contributed by atoms with E-state index in [1.54, 1.807) is 0 Å². The Morgan fingerprint density at radius 2 is 1.95 bits per heavy atom. The molecule has 0 aromatic heterocycles. The fourth-order valence-corrected chi connectivity index (χ4v) is 7.00. The molecule has 0 amide bonds. The zero-order valence-electron chi connectivity index (χ0n) is 14.1. The molecule has 122 valence electrons. The second kappa shape index (κ2) is 4.93. The number of ketones is 1. The van der Waals surface area contributed by atoms with Crippen LogP contribution < -0.4 is 0 Å². The highest BCUT2D eigenvalue weighted by Gasteiger charge is 2.59. The summed E-state index contributed by atoms with van der Waals surface area (Å²) in [7, 11) is 0. The summed E-state index contributed by atoms with van der Waals surface area (Å²) in [6, 6.07) is 0. The Morgan fingerprint density at radius 3 is 2.73 bits per heavy atom. The van der Waals surface area contributed by atoms with Gasteiger partial charge in [0.2, 0.25) is 0 Å². The standard InChI is InChI=1S/C20H30O2/c1-3-20-11-8-14(21)12-13(20)4-5-15-16-6-7-18(22)19(16,2)10-9-17(15)20/h12,15-18,22H,3-11H2,1-2H3/t15-,16-,17+,18?,19-,20-/m0/s1. The summed E-state index contributed by atoms with van der Waals surface area (Å²) in [5.74, 6) is 2.61. The highest BCUT2D eigenvalue weighted by molar-refractivity contribution is 5.91. The third-order valence-electron chi connectivity index (χ3n) is 8.27. The van der Waals surface area contributed by atoms with Crippen molar-refractivity contribution in [1.29, 1.82) is 0 Å². The van der Waals surface area contributed by atoms with Crippen LogP contribution in [0.2, 0.25) is 0 Å². The lowest BCUT2D eigenvalue weighted by Gasteiger charge is -2.58. The topological polar surface area (TPSA) is 37.3 Å². The molecule has 22 heavy (non-hydrogen) atoms. The van der Waals surface area contributed by atoms with Gasteiger partial charge < -0.3 is 5.11 Å². The predicted octanol–water partition coefficient (Wildman–Crippen LogP) is 4.27. The Bertz CT molecular complexity index is 522. The number of aliphatic hydroxyl groups is 1. The van der Waals surface area contributed by atoms with E-state index in [1.807, 2.05) is 6.08 Å². The summed E-state index contributed by atoms with van der Waals surface area (Å²) < 4.78 is 0. The molecule has 0 heterocycles. The van der Waals surface area contributed by atoms with E-state index in [0.29, 0.717) is 17.1 Å². The Labute approximate surface area is 134 Å². The molecule has 0 bridgehead atoms. The van der Waals surface area contributed by atoms with Crippen LogP contribution in [0.4, 0.5) is 0 Å². The van der Waals surface area contributed by atoms with Crippen molar-refractivity contribution in [1.82, 2.24) is 0 Å². The first kappa shape index (κ1) is 14.9. The molecular weight excluding hydrogens is 272 g/mol. The number of hydrogen-bond acceptors (Lipinski definition) is 2. The third kappa shape index (κ3) is 1.79. The maximum atomic E-state index is 11.9. The molecule has 0 radical (unpaired) electrons. The second-order valence-corrected chi connectivity index (χ2v) is 8.70. The van der Waals surface area contributed by atoms with E-state index in [0.717, 1.165) is 37.5 Å². The molecule has 2 nitrogen and oxygen atoms in total. The molecule has 1 N–H and O–H groups in total. The minimum absolute atomic E-state index is 0.0825. The average Bonchev–Trinajstić information content (AvgIpc) is 2.82. The van der Waals surface area contributed by atoms with Gasteiger partial charge in [-0.25, -0.2) is 0 Å². The zero-order chi connectivity index (χ0) is 15.5. The normalized spacial score (nSPS) is 50.9. The molecule has 4 aliphatic carbocycles. The van der Waals surface area contributed by atoms with Crippen molar-refractivity contribution in [2.75, 3.05) is 0 Å². The highest BCUT2D eigenvalue weighted by atomic mass is 16.3. The number of carbonyl (C=O) groups is 1. The lowest BCUT2D eigenvalue weighted by atomic mass is 9.46. The van der Waals surface area contributed by atoms with Gasteiger partial charge in [-0.3, -0.25) is 4.79 Å². The van der Waals surface area contributed by atoms with Crippen LogP contribution in [0.25, 0.3) is 0 Å². The van der Waals surface area contributed by atoms with Crippen LogP contribution in [-0.2, 0) is 4.79 Å². The van der Waals surface area contributed by atoms with Gasteiger partial charge in [0.25, 0.3) is 0 Å². The fraction of sp³-hybridized carbons (Fsp3) is 0.850. The first-order valence-electron chi connectivity index (χ1n) is 9.43. The largest absolute Gasteiger partial charge is 0.393 e. The van der Waals surface area contributed by atoms with Gasteiger partial charge in [-0.15, -0.1) is 0 Å². The molecule has 3 saturated carbocycles. The van der Waals surface area contributed by atoms with E-state index in [4.69, 9.17) is 0 Å². The van der Waals surface area contributed by atoms with E-state index < -0.39 is 0 Å². The van der Waals surface area contributed by atoms with Crippen molar-refractivity contribution in [2.45, 2.75) is 77.7 Å². The monoisotopic (exact) mass is 302 g/mol. The van der Waals surface area contributed by atoms with E-state index >= 15 is 0 Å². The minimum atomic E-state index is -0.0825. The zero-order valence-corrected chi connectivity index (χ0v) is 14.1. The van der Waals surface area contributed by atoms with Crippen molar-refractivity contribution in [3.05, 3.63) is 11.6 Å². The number of aliphatic hydroxyl groups excluding tert-OH is 1. The third-order valence-corrected chi connectivity index (χ3v) is 8.27. The fourth-order valence-electron chi connectivity index (χ4n) is 7.00. The van der Waals surface area contributed by atoms with E-state index in [9.17, 15) is 9.90 Å². The number of fused-ring (bicyclic) bond motifs is 5. The first-order valence-corrected chi connectivity index (χ1v) is 9.43. The van der Waals surface area contributed by atoms with Gasteiger partial charge >= 0.3 is 0 Å². The van der Waals surface area contributed by atoms with Crippen molar-refractivity contribution in [3.63, 3.8) is 0 Å². The van der Waals surface area contributed by atoms with Gasteiger partial charge in [0.15, 0.2) is 5.78 Å². The van der Waals surface area contributed by atoms with Crippen molar-refractivity contribution in [3.8, 4) is 0 Å². The molecule has 1 unspecified atom stereocenters. The van der Waals surface area contributed by atoms with Gasteiger partial charge in [-0.05, 0) is 86.0 Å². The average molecular weight is 302 g/mol. The smallest absolute Gasteiger partial charge is 0.155 e. The molecule has 4 rings (SSSR count). The van der Waals surface area contributed by atoms with Crippen molar-refractivity contribution < 1.29 is 9.90 Å². The number of allylic oxidation sites excluding steroid dienone is 1. The molecule has 0 aromatic carbocycles. The van der Waals surface area contributed by atoms with Crippen LogP contribution in [-0.4, -0.2) is 17.0 Å². The quantitative estimate of drug-likeness (QED) is 0.785. The van der Waals surface area contributed by atoms with Crippen LogP contribution in [0.1, 0.15) is 71.6 Å². The Kier molecular flexibility index (Phi) is 3.35. The van der Waals surface area contributed by atoms with Gasteiger partial charge in [0, 0.05) is 6.42 Å².